The minimum atomic E-state index is -1.76. The topological polar surface area (TPSA) is 373 Å². The van der Waals surface area contributed by atoms with Gasteiger partial charge in [0.15, 0.2) is 0 Å². The Hall–Kier alpha value is -5.03. The fraction of sp³-hybridized carbons (Fsp3) is 0.697. The number of carboxylic acid groups (broad SMARTS) is 2. The number of hydrogen-bond donors (Lipinski definition) is 11. The van der Waals surface area contributed by atoms with Crippen LogP contribution in [0.15, 0.2) is 0 Å². The van der Waals surface area contributed by atoms with Crippen LogP contribution in [0.25, 0.3) is 0 Å². The number of carboxylic acids is 2. The second-order valence-corrected chi connectivity index (χ2v) is 14.8. The lowest BCUT2D eigenvalue weighted by atomic mass is 10.0. The molecule has 316 valence electrons. The molecule has 0 unspecified atom stereocenters. The largest absolute Gasteiger partial charge is 0.481 e. The van der Waals surface area contributed by atoms with Crippen LogP contribution in [0.1, 0.15) is 72.1 Å². The molecule has 1 rings (SSSR count). The molecule has 1 fully saturated rings. The number of nitrogens with two attached hydrogens (primary N) is 3. The van der Waals surface area contributed by atoms with Crippen molar-refractivity contribution in [3.05, 3.63) is 0 Å². The predicted octanol–water partition coefficient (Wildman–Crippen LogP) is -4.39. The molecule has 22 nitrogen and oxygen atoms in total. The van der Waals surface area contributed by atoms with Crippen LogP contribution in [-0.2, 0) is 47.9 Å². The van der Waals surface area contributed by atoms with Crippen molar-refractivity contribution in [1.29, 1.82) is 0 Å². The van der Waals surface area contributed by atoms with Crippen molar-refractivity contribution in [3.8, 4) is 0 Å². The van der Waals surface area contributed by atoms with E-state index in [0.717, 1.165) is 11.8 Å². The molecular formula is C33H55N9O13S. The van der Waals surface area contributed by atoms with Crippen LogP contribution in [-0.4, -0.2) is 146 Å². The van der Waals surface area contributed by atoms with Crippen molar-refractivity contribution in [2.45, 2.75) is 121 Å². The van der Waals surface area contributed by atoms with Gasteiger partial charge in [0.25, 0.3) is 0 Å². The van der Waals surface area contributed by atoms with Crippen molar-refractivity contribution in [2.75, 3.05) is 18.6 Å². The first kappa shape index (κ1) is 49.0. The lowest BCUT2D eigenvalue weighted by Crippen LogP contribution is -2.61. The molecule has 1 saturated heterocycles. The van der Waals surface area contributed by atoms with E-state index in [-0.39, 0.29) is 38.1 Å². The zero-order chi connectivity index (χ0) is 42.9. The maximum Gasteiger partial charge on any atom is 0.326 e. The van der Waals surface area contributed by atoms with E-state index >= 15 is 0 Å². The number of hydrogen-bond acceptors (Lipinski definition) is 13. The van der Waals surface area contributed by atoms with Gasteiger partial charge in [0, 0.05) is 13.0 Å². The molecule has 0 aliphatic carbocycles. The maximum absolute atomic E-state index is 13.8. The summed E-state index contributed by atoms with van der Waals surface area (Å²) in [7, 11) is 0. The standard InChI is InChI=1S/C33H55N9O13S/c1-15(2)12-21(33(54)55)40-30(51)20(14-25(46)47)39-31(52)22-6-5-10-42(22)32(53)26(16(3)43)41-28(49)18(7-8-23(35)44)37-29(50)19(13-24(36)45)38-27(48)17(34)9-11-56-4/h15-22,26,43H,5-14,34H2,1-4H3,(H2,35,44)(H2,36,45)(H,37,50)(H,38,48)(H,39,52)(H,40,51)(H,41,49)(H,46,47)(H,54,55)/t16-,17+,18+,19+,20+,21+,22+,26+/m1/s1. The quantitative estimate of drug-likeness (QED) is 0.0414. The van der Waals surface area contributed by atoms with Crippen LogP contribution in [0, 0.1) is 5.92 Å². The number of thioether (sulfide) groups is 1. The van der Waals surface area contributed by atoms with Gasteiger partial charge in [-0.3, -0.25) is 43.2 Å². The van der Waals surface area contributed by atoms with E-state index in [1.54, 1.807) is 20.1 Å². The summed E-state index contributed by atoms with van der Waals surface area (Å²) in [5, 5.41) is 40.9. The van der Waals surface area contributed by atoms with Crippen LogP contribution in [0.5, 0.6) is 0 Å². The maximum atomic E-state index is 13.8. The molecule has 0 bridgehead atoms. The summed E-state index contributed by atoms with van der Waals surface area (Å²) < 4.78 is 0. The van der Waals surface area contributed by atoms with Gasteiger partial charge in [-0.15, -0.1) is 0 Å². The number of primary amides is 2. The Morgan fingerprint density at radius 3 is 1.80 bits per heavy atom. The highest BCUT2D eigenvalue weighted by Gasteiger charge is 2.41. The average molecular weight is 818 g/mol. The summed E-state index contributed by atoms with van der Waals surface area (Å²) in [5.41, 5.74) is 16.4. The number of nitrogens with one attached hydrogen (secondary N) is 5. The average Bonchev–Trinajstić information content (AvgIpc) is 3.59. The Labute approximate surface area is 327 Å². The van der Waals surface area contributed by atoms with Gasteiger partial charge < -0.3 is 64.0 Å². The van der Waals surface area contributed by atoms with Crippen molar-refractivity contribution in [1.82, 2.24) is 31.5 Å². The van der Waals surface area contributed by atoms with E-state index in [2.05, 4.69) is 26.6 Å². The Bertz CT molecular complexity index is 1460. The van der Waals surface area contributed by atoms with Crippen LogP contribution >= 0.6 is 11.8 Å². The number of aliphatic hydroxyl groups excluding tert-OH is 1. The van der Waals surface area contributed by atoms with E-state index in [9.17, 15) is 63.3 Å². The molecular weight excluding hydrogens is 762 g/mol. The highest BCUT2D eigenvalue weighted by Crippen LogP contribution is 2.20. The Balaban J connectivity index is 3.27. The van der Waals surface area contributed by atoms with Crippen molar-refractivity contribution >= 4 is 71.0 Å². The number of nitrogens with zero attached hydrogens (tertiary/aromatic N) is 1. The van der Waals surface area contributed by atoms with Gasteiger partial charge in [-0.1, -0.05) is 13.8 Å². The summed E-state index contributed by atoms with van der Waals surface area (Å²) in [5.74, 6) is -10.4. The second kappa shape index (κ2) is 23.8. The van der Waals surface area contributed by atoms with Crippen molar-refractivity contribution in [3.63, 3.8) is 0 Å². The zero-order valence-corrected chi connectivity index (χ0v) is 32.6. The SMILES string of the molecule is CSCC[C@H](N)C(=O)N[C@@H](CC(N)=O)C(=O)N[C@@H](CCC(N)=O)C(=O)N[C@H](C(=O)N1CCC[C@H]1C(=O)N[C@@H](CC(=O)O)C(=O)N[C@@H](CC(C)C)C(=O)O)[C@@H](C)O. The molecule has 23 heteroatoms. The first-order chi connectivity index (χ1) is 26.1. The lowest BCUT2D eigenvalue weighted by Gasteiger charge is -2.32. The molecule has 8 atom stereocenters. The molecule has 56 heavy (non-hydrogen) atoms. The monoisotopic (exact) mass is 817 g/mol. The normalized spacial score (nSPS) is 17.6. The Kier molecular flexibility index (Phi) is 20.8. The Morgan fingerprint density at radius 2 is 1.30 bits per heavy atom. The highest BCUT2D eigenvalue weighted by molar-refractivity contribution is 7.98. The first-order valence-corrected chi connectivity index (χ1v) is 19.2. The summed E-state index contributed by atoms with van der Waals surface area (Å²) >= 11 is 1.42. The smallest absolute Gasteiger partial charge is 0.326 e. The molecule has 0 aromatic rings. The van der Waals surface area contributed by atoms with Gasteiger partial charge in [0.05, 0.1) is 25.0 Å². The van der Waals surface area contributed by atoms with Crippen LogP contribution in [0.3, 0.4) is 0 Å². The van der Waals surface area contributed by atoms with E-state index in [1.807, 2.05) is 0 Å². The molecule has 0 aromatic heterocycles. The van der Waals surface area contributed by atoms with E-state index < -0.39 is 133 Å². The number of likely N-dealkylation sites (tertiary alicyclic amines) is 1. The second-order valence-electron chi connectivity index (χ2n) is 13.8. The summed E-state index contributed by atoms with van der Waals surface area (Å²) in [6.07, 6.45) is -1.83. The minimum absolute atomic E-state index is 0.0109. The zero-order valence-electron chi connectivity index (χ0n) is 31.8. The fourth-order valence-corrected chi connectivity index (χ4v) is 6.12. The molecule has 0 spiro atoms. The number of carbonyl (C=O) groups excluding carboxylic acids is 8. The van der Waals surface area contributed by atoms with Crippen LogP contribution < -0.4 is 43.8 Å². The molecule has 0 saturated carbocycles. The lowest BCUT2D eigenvalue weighted by molar-refractivity contribution is -0.146. The number of aliphatic hydroxyl groups is 1. The Morgan fingerprint density at radius 1 is 0.750 bits per heavy atom. The van der Waals surface area contributed by atoms with Gasteiger partial charge in [0.1, 0.15) is 36.3 Å². The third-order valence-electron chi connectivity index (χ3n) is 8.54. The minimum Gasteiger partial charge on any atom is -0.481 e. The third kappa shape index (κ3) is 16.8. The van der Waals surface area contributed by atoms with Gasteiger partial charge in [0.2, 0.25) is 47.3 Å². The molecule has 1 aliphatic rings. The van der Waals surface area contributed by atoms with Gasteiger partial charge >= 0.3 is 11.9 Å². The molecule has 8 amide bonds. The fourth-order valence-electron chi connectivity index (χ4n) is 5.63. The van der Waals surface area contributed by atoms with E-state index in [4.69, 9.17) is 17.2 Å². The molecule has 0 aromatic carbocycles. The summed E-state index contributed by atoms with van der Waals surface area (Å²) in [6.45, 7) is 4.49. The number of amides is 8. The van der Waals surface area contributed by atoms with E-state index in [0.29, 0.717) is 5.75 Å². The predicted molar refractivity (Wildman–Crippen MR) is 199 cm³/mol. The van der Waals surface area contributed by atoms with Gasteiger partial charge in [-0.25, -0.2) is 4.79 Å². The molecule has 0 radical (unpaired) electrons. The van der Waals surface area contributed by atoms with Crippen LogP contribution in [0.4, 0.5) is 0 Å². The summed E-state index contributed by atoms with van der Waals surface area (Å²) in [6, 6.07) is -10.5. The first-order valence-electron chi connectivity index (χ1n) is 17.9. The van der Waals surface area contributed by atoms with E-state index in [1.165, 1.54) is 11.8 Å². The van der Waals surface area contributed by atoms with Gasteiger partial charge in [-0.05, 0) is 57.0 Å². The van der Waals surface area contributed by atoms with Crippen molar-refractivity contribution < 1.29 is 63.3 Å². The summed E-state index contributed by atoms with van der Waals surface area (Å²) in [4.78, 5) is 127. The number of aliphatic carboxylic acids is 2. The number of carbonyl (C=O) groups is 10. The highest BCUT2D eigenvalue weighted by atomic mass is 32.2. The third-order valence-corrected chi connectivity index (χ3v) is 9.18. The van der Waals surface area contributed by atoms with Crippen LogP contribution in [0.2, 0.25) is 0 Å². The van der Waals surface area contributed by atoms with Crippen molar-refractivity contribution in [2.24, 2.45) is 23.1 Å². The molecule has 1 heterocycles. The molecule has 14 N–H and O–H groups in total. The molecule has 1 aliphatic heterocycles. The number of rotatable bonds is 25. The van der Waals surface area contributed by atoms with Gasteiger partial charge in [-0.2, -0.15) is 11.8 Å².